The molecular formula is C20H26N3O5S+. The van der Waals surface area contributed by atoms with Gasteiger partial charge in [0.15, 0.2) is 12.3 Å². The van der Waals surface area contributed by atoms with Gasteiger partial charge >= 0.3 is 5.97 Å². The van der Waals surface area contributed by atoms with Crippen molar-refractivity contribution in [1.29, 1.82) is 0 Å². The average molecular weight is 421 g/mol. The minimum absolute atomic E-state index is 0.0404. The first-order valence-electron chi connectivity index (χ1n) is 9.56. The number of amides is 1. The highest BCUT2D eigenvalue weighted by Crippen LogP contribution is 2.29. The number of aryl methyl sites for hydroxylation is 2. The van der Waals surface area contributed by atoms with E-state index in [9.17, 15) is 14.4 Å². The molecule has 156 valence electrons. The van der Waals surface area contributed by atoms with Gasteiger partial charge in [0.1, 0.15) is 17.7 Å². The molecule has 0 unspecified atom stereocenters. The number of Topliss-reactive ketones (excluding diaryl/α,β-unsaturated/α-hetero) is 1. The molecule has 1 aliphatic heterocycles. The fourth-order valence-corrected chi connectivity index (χ4v) is 4.72. The van der Waals surface area contributed by atoms with Gasteiger partial charge in [-0.2, -0.15) is 0 Å². The second-order valence-electron chi connectivity index (χ2n) is 7.63. The summed E-state index contributed by atoms with van der Waals surface area (Å²) in [5.74, 6) is -0.635. The number of carbonyl (C=O) groups excluding carboxylic acids is 3. The second-order valence-corrected chi connectivity index (χ2v) is 8.51. The summed E-state index contributed by atoms with van der Waals surface area (Å²) in [6.45, 7) is 5.73. The molecule has 9 heteroatoms. The molecule has 0 radical (unpaired) electrons. The predicted octanol–water partition coefficient (Wildman–Crippen LogP) is 2.50. The van der Waals surface area contributed by atoms with Crippen LogP contribution in [-0.2, 0) is 20.7 Å². The summed E-state index contributed by atoms with van der Waals surface area (Å²) in [6, 6.07) is 0. The van der Waals surface area contributed by atoms with Crippen LogP contribution < -0.4 is 5.32 Å². The highest BCUT2D eigenvalue weighted by Gasteiger charge is 2.37. The van der Waals surface area contributed by atoms with Gasteiger partial charge in [0.2, 0.25) is 0 Å². The number of ketones is 1. The van der Waals surface area contributed by atoms with E-state index in [4.69, 9.17) is 9.26 Å². The van der Waals surface area contributed by atoms with Gasteiger partial charge in [-0.1, -0.05) is 5.16 Å². The van der Waals surface area contributed by atoms with E-state index in [1.807, 2.05) is 19.2 Å². The average Bonchev–Trinajstić information content (AvgIpc) is 3.38. The van der Waals surface area contributed by atoms with E-state index < -0.39 is 5.97 Å². The molecule has 2 aromatic rings. The summed E-state index contributed by atoms with van der Waals surface area (Å²) in [4.78, 5) is 37.8. The third-order valence-electron chi connectivity index (χ3n) is 5.33. The van der Waals surface area contributed by atoms with Crippen LogP contribution in [0.3, 0.4) is 0 Å². The van der Waals surface area contributed by atoms with E-state index in [0.717, 1.165) is 37.1 Å². The van der Waals surface area contributed by atoms with E-state index >= 15 is 0 Å². The fourth-order valence-electron chi connectivity index (χ4n) is 3.80. The lowest BCUT2D eigenvalue weighted by Crippen LogP contribution is -2.53. The lowest BCUT2D eigenvalue weighted by Gasteiger charge is -2.32. The van der Waals surface area contributed by atoms with Gasteiger partial charge in [-0.05, 0) is 24.8 Å². The zero-order valence-electron chi connectivity index (χ0n) is 16.9. The summed E-state index contributed by atoms with van der Waals surface area (Å²) in [7, 11) is 1.32. The number of nitrogens with one attached hydrogen (secondary N) is 1. The lowest BCUT2D eigenvalue weighted by molar-refractivity contribution is -0.901. The van der Waals surface area contributed by atoms with Crippen LogP contribution in [0.5, 0.6) is 0 Å². The monoisotopic (exact) mass is 420 g/mol. The van der Waals surface area contributed by atoms with E-state index in [1.54, 1.807) is 0 Å². The van der Waals surface area contributed by atoms with Gasteiger partial charge in [0, 0.05) is 18.4 Å². The number of ether oxygens (including phenoxy) is 1. The Labute approximate surface area is 173 Å². The van der Waals surface area contributed by atoms with Crippen LogP contribution in [0.1, 0.15) is 39.3 Å². The number of hydrogen-bond donors (Lipinski definition) is 1. The number of thiophene rings is 1. The standard InChI is InChI=1S/C20H25N3O5S/c1-13-11-28-22-16(13)8-15(24)9-23(6-4-5-7-23)10-17(25)21-18-14(2)12-29-19(18)20(26)27-3/h11-12H,4-10H2,1-3H3/p+1. The molecule has 0 spiro atoms. The summed E-state index contributed by atoms with van der Waals surface area (Å²) < 4.78 is 10.1. The van der Waals surface area contributed by atoms with E-state index in [1.165, 1.54) is 24.7 Å². The van der Waals surface area contributed by atoms with Crippen molar-refractivity contribution >= 4 is 34.7 Å². The fraction of sp³-hybridized carbons (Fsp3) is 0.500. The number of likely N-dealkylation sites (tertiary alicyclic amines) is 1. The van der Waals surface area contributed by atoms with Gasteiger partial charge in [-0.15, -0.1) is 11.3 Å². The first-order chi connectivity index (χ1) is 13.8. The quantitative estimate of drug-likeness (QED) is 0.520. The third-order valence-corrected chi connectivity index (χ3v) is 6.41. The topological polar surface area (TPSA) is 98.5 Å². The van der Waals surface area contributed by atoms with Crippen molar-refractivity contribution in [3.63, 3.8) is 0 Å². The minimum Gasteiger partial charge on any atom is -0.465 e. The molecule has 1 amide bonds. The predicted molar refractivity (Wildman–Crippen MR) is 108 cm³/mol. The summed E-state index contributed by atoms with van der Waals surface area (Å²) in [5.41, 5.74) is 2.81. The summed E-state index contributed by atoms with van der Waals surface area (Å²) in [5, 5.41) is 8.56. The molecule has 0 bridgehead atoms. The zero-order valence-corrected chi connectivity index (χ0v) is 17.8. The molecule has 3 heterocycles. The SMILES string of the molecule is COC(=O)c1scc(C)c1NC(=O)C[N+]1(CC(=O)Cc2nocc2C)CCCC1. The molecule has 1 saturated heterocycles. The van der Waals surface area contributed by atoms with Gasteiger partial charge in [-0.3, -0.25) is 9.59 Å². The van der Waals surface area contributed by atoms with Crippen molar-refractivity contribution in [2.24, 2.45) is 0 Å². The van der Waals surface area contributed by atoms with Gasteiger partial charge in [-0.25, -0.2) is 4.79 Å². The Bertz CT molecular complexity index is 911. The minimum atomic E-state index is -0.471. The van der Waals surface area contributed by atoms with Crippen molar-refractivity contribution in [2.75, 3.05) is 38.6 Å². The van der Waals surface area contributed by atoms with Crippen LogP contribution in [0.15, 0.2) is 16.2 Å². The lowest BCUT2D eigenvalue weighted by atomic mass is 10.1. The number of aromatic nitrogens is 1. The molecule has 0 saturated carbocycles. The van der Waals surface area contributed by atoms with E-state index in [-0.39, 0.29) is 31.2 Å². The Kier molecular flexibility index (Phi) is 6.49. The highest BCUT2D eigenvalue weighted by atomic mass is 32.1. The van der Waals surface area contributed by atoms with Gasteiger partial charge < -0.3 is 19.1 Å². The Balaban J connectivity index is 1.68. The third kappa shape index (κ3) is 4.91. The molecule has 0 aliphatic carbocycles. The van der Waals surface area contributed by atoms with Crippen LogP contribution in [0.25, 0.3) is 0 Å². The van der Waals surface area contributed by atoms with Crippen LogP contribution in [0.4, 0.5) is 5.69 Å². The van der Waals surface area contributed by atoms with E-state index in [0.29, 0.717) is 20.7 Å². The summed E-state index contributed by atoms with van der Waals surface area (Å²) in [6.07, 6.45) is 3.70. The maximum Gasteiger partial charge on any atom is 0.350 e. The van der Waals surface area contributed by atoms with Gasteiger partial charge in [0.25, 0.3) is 5.91 Å². The molecule has 1 aliphatic rings. The number of carbonyl (C=O) groups is 3. The molecule has 1 fully saturated rings. The Morgan fingerprint density at radius 2 is 1.93 bits per heavy atom. The molecule has 3 rings (SSSR count). The van der Waals surface area contributed by atoms with Crippen LogP contribution in [0.2, 0.25) is 0 Å². The number of nitrogens with zero attached hydrogens (tertiary/aromatic N) is 2. The van der Waals surface area contributed by atoms with Crippen molar-refractivity contribution < 1.29 is 28.1 Å². The van der Waals surface area contributed by atoms with Gasteiger partial charge in [0.05, 0.1) is 38.0 Å². The van der Waals surface area contributed by atoms with Crippen LogP contribution in [-0.4, -0.2) is 60.6 Å². The molecular weight excluding hydrogens is 394 g/mol. The molecule has 2 aromatic heterocycles. The largest absolute Gasteiger partial charge is 0.465 e. The smallest absolute Gasteiger partial charge is 0.350 e. The Hall–Kier alpha value is -2.52. The molecule has 0 atom stereocenters. The summed E-state index contributed by atoms with van der Waals surface area (Å²) >= 11 is 1.24. The number of methoxy groups -OCH3 is 1. The second kappa shape index (κ2) is 8.87. The first kappa shape index (κ1) is 21.2. The number of rotatable bonds is 8. The van der Waals surface area contributed by atoms with Crippen molar-refractivity contribution in [1.82, 2.24) is 5.16 Å². The molecule has 8 nitrogen and oxygen atoms in total. The number of hydrogen-bond acceptors (Lipinski definition) is 7. The maximum absolute atomic E-state index is 12.8. The zero-order chi connectivity index (χ0) is 21.0. The Morgan fingerprint density at radius 1 is 1.21 bits per heavy atom. The highest BCUT2D eigenvalue weighted by molar-refractivity contribution is 7.12. The Morgan fingerprint density at radius 3 is 2.55 bits per heavy atom. The van der Waals surface area contributed by atoms with Crippen molar-refractivity contribution in [2.45, 2.75) is 33.1 Å². The molecule has 1 N–H and O–H groups in total. The van der Waals surface area contributed by atoms with Crippen LogP contribution >= 0.6 is 11.3 Å². The van der Waals surface area contributed by atoms with E-state index in [2.05, 4.69) is 10.5 Å². The number of quaternary nitrogens is 1. The van der Waals surface area contributed by atoms with Crippen molar-refractivity contribution in [3.8, 4) is 0 Å². The van der Waals surface area contributed by atoms with Crippen LogP contribution in [0, 0.1) is 13.8 Å². The number of anilines is 1. The van der Waals surface area contributed by atoms with Crippen molar-refractivity contribution in [3.05, 3.63) is 33.3 Å². The first-order valence-corrected chi connectivity index (χ1v) is 10.4. The molecule has 29 heavy (non-hydrogen) atoms. The number of esters is 1. The normalized spacial score (nSPS) is 15.3. The molecule has 0 aromatic carbocycles. The maximum atomic E-state index is 12.8.